The topological polar surface area (TPSA) is 34.1 Å². The van der Waals surface area contributed by atoms with Gasteiger partial charge in [0.2, 0.25) is 9.84 Å². The molecule has 0 aliphatic carbocycles. The normalized spacial score (nSPS) is 10.1. The molecule has 0 spiro atoms. The molecule has 0 fully saturated rings. The van der Waals surface area contributed by atoms with Crippen molar-refractivity contribution in [2.45, 2.75) is 24.2 Å². The summed E-state index contributed by atoms with van der Waals surface area (Å²) in [6.45, 7) is 0. The molecule has 3 heteroatoms. The van der Waals surface area contributed by atoms with Gasteiger partial charge in [0.15, 0.2) is 0 Å². The van der Waals surface area contributed by atoms with E-state index in [0.29, 0.717) is 0 Å². The summed E-state index contributed by atoms with van der Waals surface area (Å²) < 4.78 is 23.9. The minimum Gasteiger partial charge on any atom is -0.218 e. The van der Waals surface area contributed by atoms with Gasteiger partial charge < -0.3 is 0 Å². The van der Waals surface area contributed by atoms with Crippen molar-refractivity contribution >= 4 is 9.84 Å². The third-order valence-electron chi connectivity index (χ3n) is 3.07. The zero-order valence-electron chi connectivity index (χ0n) is 12.8. The maximum absolute atomic E-state index is 12.0. The Kier molecular flexibility index (Phi) is 6.44. The molecule has 2 aromatic carbocycles. The Labute approximate surface area is 138 Å². The van der Waals surface area contributed by atoms with E-state index >= 15 is 0 Å². The van der Waals surface area contributed by atoms with Crippen LogP contribution in [0.4, 0.5) is 0 Å². The van der Waals surface area contributed by atoms with E-state index in [1.165, 1.54) is 0 Å². The highest BCUT2D eigenvalue weighted by atomic mass is 32.2. The lowest BCUT2D eigenvalue weighted by Crippen LogP contribution is -1.94. The summed E-state index contributed by atoms with van der Waals surface area (Å²) in [5.41, 5.74) is 3.76. The van der Waals surface area contributed by atoms with Crippen LogP contribution in [0, 0.1) is 11.8 Å². The van der Waals surface area contributed by atoms with Gasteiger partial charge in [-0.2, -0.15) is 0 Å². The molecule has 0 saturated heterocycles. The number of hydrogen-bond acceptors (Lipinski definition) is 2. The molecule has 0 radical (unpaired) electrons. The third-order valence-corrected chi connectivity index (χ3v) is 4.45. The van der Waals surface area contributed by atoms with Crippen molar-refractivity contribution in [1.29, 1.82) is 0 Å². The largest absolute Gasteiger partial charge is 0.218 e. The predicted molar refractivity (Wildman–Crippen MR) is 93.5 cm³/mol. The number of hydrogen-bond donors (Lipinski definition) is 0. The molecule has 2 rings (SSSR count). The zero-order chi connectivity index (χ0) is 16.4. The zero-order valence-corrected chi connectivity index (χ0v) is 13.6. The third kappa shape index (κ3) is 6.00. The number of rotatable bonds is 5. The van der Waals surface area contributed by atoms with E-state index in [2.05, 4.69) is 17.6 Å². The van der Waals surface area contributed by atoms with E-state index in [1.54, 1.807) is 36.4 Å². The Morgan fingerprint density at radius 3 is 2.26 bits per heavy atom. The van der Waals surface area contributed by atoms with E-state index in [0.717, 1.165) is 30.2 Å². The van der Waals surface area contributed by atoms with Crippen LogP contribution in [0.2, 0.25) is 0 Å². The Balaban J connectivity index is 1.80. The number of benzene rings is 2. The Hall–Kier alpha value is -2.53. The van der Waals surface area contributed by atoms with Gasteiger partial charge in [-0.3, -0.25) is 0 Å². The molecule has 0 aliphatic heterocycles. The SMILES string of the molecule is O=S(=O)(C=C=CCCCC#Cc1ccccc1)c1ccccc1. The van der Waals surface area contributed by atoms with Crippen LogP contribution in [0.3, 0.4) is 0 Å². The molecule has 2 aromatic rings. The fraction of sp³-hybridized carbons (Fsp3) is 0.150. The van der Waals surface area contributed by atoms with Crippen LogP contribution >= 0.6 is 0 Å². The van der Waals surface area contributed by atoms with Crippen molar-refractivity contribution in [3.05, 3.63) is 83.4 Å². The number of unbranched alkanes of at least 4 members (excludes halogenated alkanes) is 2. The summed E-state index contributed by atoms with van der Waals surface area (Å²) in [6, 6.07) is 18.2. The molecule has 0 heterocycles. The van der Waals surface area contributed by atoms with E-state index in [4.69, 9.17) is 0 Å². The quantitative estimate of drug-likeness (QED) is 0.466. The number of allylic oxidation sites excluding steroid dienone is 1. The first-order chi connectivity index (χ1) is 11.2. The average Bonchev–Trinajstić information content (AvgIpc) is 2.59. The van der Waals surface area contributed by atoms with Gasteiger partial charge in [0.25, 0.3) is 0 Å². The highest BCUT2D eigenvalue weighted by Gasteiger charge is 2.07. The van der Waals surface area contributed by atoms with Crippen molar-refractivity contribution in [2.24, 2.45) is 0 Å². The average molecular weight is 322 g/mol. The standard InChI is InChI=1S/C20H18O2S/c21-23(22,20-16-10-6-11-17-20)18-12-4-2-1-3-7-13-19-14-8-5-9-15-19/h4-6,8-11,14-18H,1-3H2. The van der Waals surface area contributed by atoms with E-state index in [-0.39, 0.29) is 4.90 Å². The van der Waals surface area contributed by atoms with Gasteiger partial charge in [-0.05, 0) is 43.2 Å². The van der Waals surface area contributed by atoms with Gasteiger partial charge in [0, 0.05) is 12.0 Å². The summed E-state index contributed by atoms with van der Waals surface area (Å²) >= 11 is 0. The molecule has 0 saturated carbocycles. The van der Waals surface area contributed by atoms with Crippen molar-refractivity contribution in [3.8, 4) is 11.8 Å². The molecule has 0 N–H and O–H groups in total. The molecular formula is C20H18O2S. The highest BCUT2D eigenvalue weighted by Crippen LogP contribution is 2.10. The van der Waals surface area contributed by atoms with Gasteiger partial charge in [-0.25, -0.2) is 8.42 Å². The molecule has 116 valence electrons. The fourth-order valence-electron chi connectivity index (χ4n) is 1.88. The molecule has 0 aliphatic rings. The summed E-state index contributed by atoms with van der Waals surface area (Å²) in [5, 5.41) is 1.12. The lowest BCUT2D eigenvalue weighted by Gasteiger charge is -1.95. The monoisotopic (exact) mass is 322 g/mol. The highest BCUT2D eigenvalue weighted by molar-refractivity contribution is 7.94. The summed E-state index contributed by atoms with van der Waals surface area (Å²) in [4.78, 5) is 0.287. The fourth-order valence-corrected chi connectivity index (χ4v) is 2.83. The maximum atomic E-state index is 12.0. The Bertz CT molecular complexity index is 833. The summed E-state index contributed by atoms with van der Waals surface area (Å²) in [6.07, 6.45) is 4.15. The second-order valence-corrected chi connectivity index (χ2v) is 6.70. The van der Waals surface area contributed by atoms with Crippen molar-refractivity contribution in [2.75, 3.05) is 0 Å². The molecular weight excluding hydrogens is 304 g/mol. The van der Waals surface area contributed by atoms with Crippen LogP contribution in [0.25, 0.3) is 0 Å². The van der Waals surface area contributed by atoms with E-state index < -0.39 is 9.84 Å². The van der Waals surface area contributed by atoms with Crippen LogP contribution in [-0.4, -0.2) is 8.42 Å². The molecule has 2 nitrogen and oxygen atoms in total. The van der Waals surface area contributed by atoms with Crippen LogP contribution in [0.5, 0.6) is 0 Å². The van der Waals surface area contributed by atoms with Crippen molar-refractivity contribution in [1.82, 2.24) is 0 Å². The van der Waals surface area contributed by atoms with E-state index in [1.807, 2.05) is 30.3 Å². The molecule has 0 aromatic heterocycles. The molecule has 0 unspecified atom stereocenters. The van der Waals surface area contributed by atoms with E-state index in [9.17, 15) is 8.42 Å². The first-order valence-electron chi connectivity index (χ1n) is 7.43. The Morgan fingerprint density at radius 2 is 1.57 bits per heavy atom. The second-order valence-electron chi connectivity index (χ2n) is 4.91. The minimum absolute atomic E-state index is 0.287. The van der Waals surface area contributed by atoms with Gasteiger partial charge in [0.05, 0.1) is 10.3 Å². The lowest BCUT2D eigenvalue weighted by atomic mass is 10.2. The minimum atomic E-state index is -3.39. The van der Waals surface area contributed by atoms with Gasteiger partial charge in [0.1, 0.15) is 0 Å². The predicted octanol–water partition coefficient (Wildman–Crippen LogP) is 4.35. The first kappa shape index (κ1) is 16.8. The van der Waals surface area contributed by atoms with Crippen LogP contribution in [0.15, 0.2) is 82.8 Å². The number of sulfone groups is 1. The maximum Gasteiger partial charge on any atom is 0.207 e. The van der Waals surface area contributed by atoms with Gasteiger partial charge in [-0.1, -0.05) is 48.2 Å². The second kappa shape index (κ2) is 8.80. The van der Waals surface area contributed by atoms with Crippen LogP contribution < -0.4 is 0 Å². The summed E-state index contributed by atoms with van der Waals surface area (Å²) in [7, 11) is -3.39. The van der Waals surface area contributed by atoms with Crippen LogP contribution in [-0.2, 0) is 9.84 Å². The lowest BCUT2D eigenvalue weighted by molar-refractivity contribution is 0.604. The molecule has 0 atom stereocenters. The molecule has 0 bridgehead atoms. The van der Waals surface area contributed by atoms with Crippen molar-refractivity contribution in [3.63, 3.8) is 0 Å². The van der Waals surface area contributed by atoms with Crippen molar-refractivity contribution < 1.29 is 8.42 Å². The van der Waals surface area contributed by atoms with Crippen LogP contribution in [0.1, 0.15) is 24.8 Å². The smallest absolute Gasteiger partial charge is 0.207 e. The van der Waals surface area contributed by atoms with Gasteiger partial charge >= 0.3 is 0 Å². The molecule has 0 amide bonds. The Morgan fingerprint density at radius 1 is 0.913 bits per heavy atom. The first-order valence-corrected chi connectivity index (χ1v) is 8.98. The van der Waals surface area contributed by atoms with Gasteiger partial charge in [-0.15, -0.1) is 5.73 Å². The summed E-state index contributed by atoms with van der Waals surface area (Å²) in [5.74, 6) is 6.20. The molecule has 23 heavy (non-hydrogen) atoms.